The fourth-order valence-electron chi connectivity index (χ4n) is 6.63. The van der Waals surface area contributed by atoms with Crippen LogP contribution in [0.1, 0.15) is 60.3 Å². The maximum absolute atomic E-state index is 13.0. The van der Waals surface area contributed by atoms with E-state index in [-0.39, 0.29) is 5.56 Å². The zero-order valence-corrected chi connectivity index (χ0v) is 24.8. The summed E-state index contributed by atoms with van der Waals surface area (Å²) in [4.78, 5) is 20.2. The van der Waals surface area contributed by atoms with Gasteiger partial charge in [-0.15, -0.1) is 0 Å². The van der Waals surface area contributed by atoms with Gasteiger partial charge in [0.15, 0.2) is 0 Å². The molecular weight excluding hydrogens is 534 g/mol. The lowest BCUT2D eigenvalue weighted by molar-refractivity contribution is 0.0853. The van der Waals surface area contributed by atoms with Gasteiger partial charge < -0.3 is 25.3 Å². The zero-order chi connectivity index (χ0) is 28.5. The van der Waals surface area contributed by atoms with Gasteiger partial charge in [0.05, 0.1) is 22.3 Å². The highest BCUT2D eigenvalue weighted by molar-refractivity contribution is 6.34. The van der Waals surface area contributed by atoms with Gasteiger partial charge in [-0.05, 0) is 106 Å². The SMILES string of the molecule is Cc1cc2c(N3CCCc4cc(/C(C=NC5CCNCC5)=C/N)c(Cl)cc43)cc(C3CCOCC3)cc2n(C)c1=O. The number of anilines is 2. The maximum atomic E-state index is 13.0. The molecule has 0 aliphatic carbocycles. The topological polar surface area (TPSA) is 84.9 Å². The highest BCUT2D eigenvalue weighted by Crippen LogP contribution is 2.43. The average Bonchev–Trinajstić information content (AvgIpc) is 3.01. The lowest BCUT2D eigenvalue weighted by Crippen LogP contribution is -2.29. The monoisotopic (exact) mass is 573 g/mol. The normalized spacial score (nSPS) is 19.3. The Morgan fingerprint density at radius 3 is 2.63 bits per heavy atom. The molecule has 0 saturated carbocycles. The Balaban J connectivity index is 1.43. The molecular formula is C33H40ClN5O2. The van der Waals surface area contributed by atoms with Gasteiger partial charge in [0.2, 0.25) is 0 Å². The summed E-state index contributed by atoms with van der Waals surface area (Å²) in [5, 5.41) is 5.14. The third kappa shape index (κ3) is 5.55. The number of allylic oxidation sites excluding steroid dienone is 1. The van der Waals surface area contributed by atoms with Gasteiger partial charge in [0.1, 0.15) is 0 Å². The third-order valence-electron chi connectivity index (χ3n) is 9.02. The van der Waals surface area contributed by atoms with Crippen LogP contribution >= 0.6 is 11.6 Å². The van der Waals surface area contributed by atoms with Crippen molar-refractivity contribution in [2.45, 2.75) is 57.4 Å². The number of halogens is 1. The number of aryl methyl sites for hydroxylation is 3. The number of ether oxygens (including phenoxy) is 1. The number of hydrogen-bond donors (Lipinski definition) is 2. The molecule has 1 aromatic heterocycles. The van der Waals surface area contributed by atoms with Crippen LogP contribution in [0.2, 0.25) is 5.02 Å². The van der Waals surface area contributed by atoms with Gasteiger partial charge in [-0.1, -0.05) is 11.6 Å². The summed E-state index contributed by atoms with van der Waals surface area (Å²) in [7, 11) is 1.88. The second kappa shape index (κ2) is 12.0. The lowest BCUT2D eigenvalue weighted by Gasteiger charge is -2.34. The molecule has 6 rings (SSSR count). The fourth-order valence-corrected chi connectivity index (χ4v) is 6.90. The number of piperidine rings is 1. The van der Waals surface area contributed by atoms with E-state index in [0.29, 0.717) is 17.0 Å². The summed E-state index contributed by atoms with van der Waals surface area (Å²) in [6, 6.07) is 11.2. The molecule has 2 fully saturated rings. The fraction of sp³-hybridized carbons (Fsp3) is 0.455. The van der Waals surface area contributed by atoms with Crippen molar-refractivity contribution in [2.75, 3.05) is 37.7 Å². The van der Waals surface area contributed by atoms with Gasteiger partial charge in [-0.25, -0.2) is 0 Å². The van der Waals surface area contributed by atoms with Crippen molar-refractivity contribution in [3.8, 4) is 0 Å². The number of nitrogens with two attached hydrogens (primary N) is 1. The largest absolute Gasteiger partial charge is 0.404 e. The van der Waals surface area contributed by atoms with Crippen LogP contribution in [0.15, 0.2) is 46.3 Å². The number of pyridine rings is 1. The molecule has 3 aliphatic rings. The summed E-state index contributed by atoms with van der Waals surface area (Å²) in [5.74, 6) is 0.412. The predicted octanol–water partition coefficient (Wildman–Crippen LogP) is 5.60. The van der Waals surface area contributed by atoms with Gasteiger partial charge in [0, 0.05) is 67.0 Å². The molecule has 41 heavy (non-hydrogen) atoms. The maximum Gasteiger partial charge on any atom is 0.253 e. The van der Waals surface area contributed by atoms with E-state index in [9.17, 15) is 4.79 Å². The highest BCUT2D eigenvalue weighted by Gasteiger charge is 2.26. The summed E-state index contributed by atoms with van der Waals surface area (Å²) in [6.45, 7) is 6.32. The predicted molar refractivity (Wildman–Crippen MR) is 170 cm³/mol. The van der Waals surface area contributed by atoms with Crippen molar-refractivity contribution in [3.63, 3.8) is 0 Å². The molecule has 3 N–H and O–H groups in total. The number of fused-ring (bicyclic) bond motifs is 2. The highest BCUT2D eigenvalue weighted by atomic mass is 35.5. The van der Waals surface area contributed by atoms with Crippen molar-refractivity contribution in [1.82, 2.24) is 9.88 Å². The van der Waals surface area contributed by atoms with E-state index in [0.717, 1.165) is 110 Å². The van der Waals surface area contributed by atoms with E-state index in [1.165, 1.54) is 11.1 Å². The van der Waals surface area contributed by atoms with E-state index < -0.39 is 0 Å². The van der Waals surface area contributed by atoms with E-state index in [2.05, 4.69) is 40.5 Å². The van der Waals surface area contributed by atoms with Crippen LogP contribution in [0.5, 0.6) is 0 Å². The standard InChI is InChI=1S/C33H40ClN5O2/c1-21-14-28-31(38(2)33(21)40)16-24(22-7-12-41-13-8-22)17-32(28)39-11-3-4-23-15-27(29(34)18-30(23)39)25(19-35)20-37-26-5-9-36-10-6-26/h14-20,22,26,36H,3-13,35H2,1-2H3/b25-19+,37-20?. The van der Waals surface area contributed by atoms with E-state index in [4.69, 9.17) is 27.1 Å². The summed E-state index contributed by atoms with van der Waals surface area (Å²) < 4.78 is 7.46. The summed E-state index contributed by atoms with van der Waals surface area (Å²) in [6.07, 6.45) is 9.56. The number of aromatic nitrogens is 1. The van der Waals surface area contributed by atoms with Crippen LogP contribution in [0.25, 0.3) is 16.5 Å². The van der Waals surface area contributed by atoms with Crippen LogP contribution in [0, 0.1) is 6.92 Å². The van der Waals surface area contributed by atoms with Crippen molar-refractivity contribution in [1.29, 1.82) is 0 Å². The smallest absolute Gasteiger partial charge is 0.253 e. The quantitative estimate of drug-likeness (QED) is 0.388. The molecule has 216 valence electrons. The Morgan fingerprint density at radius 1 is 1.10 bits per heavy atom. The first kappa shape index (κ1) is 28.0. The first-order valence-electron chi connectivity index (χ1n) is 14.9. The van der Waals surface area contributed by atoms with Crippen LogP contribution < -0.4 is 21.5 Å². The molecule has 3 aliphatic heterocycles. The molecule has 4 heterocycles. The Hall–Kier alpha value is -3.13. The van der Waals surface area contributed by atoms with Crippen LogP contribution in [0.4, 0.5) is 11.4 Å². The van der Waals surface area contributed by atoms with Gasteiger partial charge >= 0.3 is 0 Å². The second-order valence-corrected chi connectivity index (χ2v) is 12.1. The molecule has 7 nitrogen and oxygen atoms in total. The number of benzene rings is 2. The molecule has 0 amide bonds. The van der Waals surface area contributed by atoms with E-state index >= 15 is 0 Å². The third-order valence-corrected chi connectivity index (χ3v) is 9.33. The molecule has 2 aromatic carbocycles. The first-order chi connectivity index (χ1) is 19.9. The Morgan fingerprint density at radius 2 is 1.88 bits per heavy atom. The summed E-state index contributed by atoms with van der Waals surface area (Å²) >= 11 is 7.00. The molecule has 2 saturated heterocycles. The second-order valence-electron chi connectivity index (χ2n) is 11.6. The minimum atomic E-state index is 0.0477. The Labute approximate surface area is 247 Å². The van der Waals surface area contributed by atoms with Crippen molar-refractivity contribution in [3.05, 3.63) is 74.2 Å². The number of aliphatic imine (C=N–C) groups is 1. The van der Waals surface area contributed by atoms with E-state index in [1.807, 2.05) is 20.2 Å². The van der Waals surface area contributed by atoms with Crippen molar-refractivity contribution < 1.29 is 4.74 Å². The number of nitrogens with zero attached hydrogens (tertiary/aromatic N) is 3. The van der Waals surface area contributed by atoms with Gasteiger partial charge in [-0.2, -0.15) is 0 Å². The molecule has 3 aromatic rings. The van der Waals surface area contributed by atoms with Crippen LogP contribution in [-0.4, -0.2) is 49.7 Å². The number of rotatable bonds is 5. The molecule has 0 spiro atoms. The summed E-state index contributed by atoms with van der Waals surface area (Å²) in [5.41, 5.74) is 14.4. The Kier molecular flexibility index (Phi) is 8.20. The molecule has 0 atom stereocenters. The van der Waals surface area contributed by atoms with Crippen molar-refractivity contribution >= 4 is 45.7 Å². The number of nitrogens with one attached hydrogen (secondary N) is 1. The van der Waals surface area contributed by atoms with Gasteiger partial charge in [0.25, 0.3) is 5.56 Å². The first-order valence-corrected chi connectivity index (χ1v) is 15.3. The minimum absolute atomic E-state index is 0.0477. The molecule has 0 unspecified atom stereocenters. The van der Waals surface area contributed by atoms with Crippen LogP contribution in [-0.2, 0) is 18.2 Å². The van der Waals surface area contributed by atoms with Crippen LogP contribution in [0.3, 0.4) is 0 Å². The molecule has 0 bridgehead atoms. The van der Waals surface area contributed by atoms with Gasteiger partial charge in [-0.3, -0.25) is 9.79 Å². The average molecular weight is 574 g/mol. The Bertz CT molecular complexity index is 1560. The molecule has 8 heteroatoms. The van der Waals surface area contributed by atoms with Crippen molar-refractivity contribution in [2.24, 2.45) is 17.8 Å². The zero-order valence-electron chi connectivity index (χ0n) is 24.1. The lowest BCUT2D eigenvalue weighted by atomic mass is 9.89. The molecule has 0 radical (unpaired) electrons. The minimum Gasteiger partial charge on any atom is -0.404 e. The number of hydrogen-bond acceptors (Lipinski definition) is 6. The van der Waals surface area contributed by atoms with E-state index in [1.54, 1.807) is 10.8 Å².